The van der Waals surface area contributed by atoms with Crippen LogP contribution in [0.4, 0.5) is 23.1 Å². The summed E-state index contributed by atoms with van der Waals surface area (Å²) in [4.78, 5) is 11.4. The molecule has 0 amide bonds. The Morgan fingerprint density at radius 3 is 2.35 bits per heavy atom. The van der Waals surface area contributed by atoms with E-state index in [2.05, 4.69) is 45.7 Å². The van der Waals surface area contributed by atoms with Gasteiger partial charge in [-0.1, -0.05) is 19.4 Å². The Bertz CT molecular complexity index is 835. The minimum absolute atomic E-state index is 0.492. The number of aryl methyl sites for hydroxylation is 1. The van der Waals surface area contributed by atoms with E-state index in [-0.39, 0.29) is 0 Å². The molecular formula is C18H27N5O2S. The van der Waals surface area contributed by atoms with Gasteiger partial charge in [-0.25, -0.2) is 13.4 Å². The number of hydrogen-bond acceptors (Lipinski definition) is 6. The summed E-state index contributed by atoms with van der Waals surface area (Å²) in [6, 6.07) is 9.07. The largest absolute Gasteiger partial charge is 0.357 e. The SMILES string of the molecule is CCCc1cc(N(CC)CC)nc(Nc2cccc(NS(C)(=O)=O)c2)n1. The molecule has 0 aliphatic carbocycles. The van der Waals surface area contributed by atoms with E-state index in [0.29, 0.717) is 11.6 Å². The average molecular weight is 378 g/mol. The van der Waals surface area contributed by atoms with Gasteiger partial charge >= 0.3 is 0 Å². The third kappa shape index (κ3) is 5.87. The van der Waals surface area contributed by atoms with Crippen molar-refractivity contribution in [2.75, 3.05) is 34.3 Å². The Morgan fingerprint density at radius 1 is 1.04 bits per heavy atom. The molecule has 142 valence electrons. The lowest BCUT2D eigenvalue weighted by Crippen LogP contribution is -2.23. The second kappa shape index (κ2) is 8.84. The Labute approximate surface area is 155 Å². The van der Waals surface area contributed by atoms with Crippen LogP contribution in [-0.2, 0) is 16.4 Å². The van der Waals surface area contributed by atoms with E-state index in [1.54, 1.807) is 18.2 Å². The monoisotopic (exact) mass is 377 g/mol. The number of anilines is 4. The van der Waals surface area contributed by atoms with Gasteiger partial charge < -0.3 is 10.2 Å². The van der Waals surface area contributed by atoms with Crippen LogP contribution >= 0.6 is 0 Å². The van der Waals surface area contributed by atoms with Gasteiger partial charge in [0.2, 0.25) is 16.0 Å². The van der Waals surface area contributed by atoms with E-state index in [1.807, 2.05) is 12.1 Å². The van der Waals surface area contributed by atoms with Crippen LogP contribution in [0.3, 0.4) is 0 Å². The molecule has 0 atom stereocenters. The molecule has 2 N–H and O–H groups in total. The molecule has 2 rings (SSSR count). The molecule has 0 aliphatic heterocycles. The summed E-state index contributed by atoms with van der Waals surface area (Å²) in [5.41, 5.74) is 2.20. The van der Waals surface area contributed by atoms with Crippen LogP contribution in [-0.4, -0.2) is 37.7 Å². The highest BCUT2D eigenvalue weighted by Gasteiger charge is 2.10. The number of hydrogen-bond donors (Lipinski definition) is 2. The zero-order valence-corrected chi connectivity index (χ0v) is 16.6. The van der Waals surface area contributed by atoms with Crippen LogP contribution < -0.4 is 14.9 Å². The van der Waals surface area contributed by atoms with Gasteiger partial charge in [0, 0.05) is 30.5 Å². The van der Waals surface area contributed by atoms with Crippen LogP contribution in [0.25, 0.3) is 0 Å². The van der Waals surface area contributed by atoms with Crippen molar-refractivity contribution in [3.05, 3.63) is 36.0 Å². The van der Waals surface area contributed by atoms with Crippen molar-refractivity contribution >= 4 is 33.2 Å². The van der Waals surface area contributed by atoms with Gasteiger partial charge in [0.25, 0.3) is 0 Å². The first-order chi connectivity index (χ1) is 12.3. The Morgan fingerprint density at radius 2 is 1.73 bits per heavy atom. The highest BCUT2D eigenvalue weighted by molar-refractivity contribution is 7.92. The molecule has 0 saturated carbocycles. The highest BCUT2D eigenvalue weighted by Crippen LogP contribution is 2.22. The van der Waals surface area contributed by atoms with Crippen LogP contribution in [0.1, 0.15) is 32.9 Å². The van der Waals surface area contributed by atoms with Crippen molar-refractivity contribution in [2.45, 2.75) is 33.6 Å². The van der Waals surface area contributed by atoms with Crippen molar-refractivity contribution in [3.8, 4) is 0 Å². The smallest absolute Gasteiger partial charge is 0.229 e. The second-order valence-corrected chi connectivity index (χ2v) is 7.79. The maximum Gasteiger partial charge on any atom is 0.229 e. The van der Waals surface area contributed by atoms with E-state index in [1.165, 1.54) is 0 Å². The number of nitrogens with one attached hydrogen (secondary N) is 2. The van der Waals surface area contributed by atoms with Crippen molar-refractivity contribution in [3.63, 3.8) is 0 Å². The molecule has 0 spiro atoms. The first-order valence-corrected chi connectivity index (χ1v) is 10.7. The molecule has 1 aromatic carbocycles. The van der Waals surface area contributed by atoms with Gasteiger partial charge in [-0.3, -0.25) is 4.72 Å². The number of sulfonamides is 1. The molecule has 26 heavy (non-hydrogen) atoms. The molecule has 0 aliphatic rings. The fraction of sp³-hybridized carbons (Fsp3) is 0.444. The summed E-state index contributed by atoms with van der Waals surface area (Å²) >= 11 is 0. The molecule has 2 aromatic rings. The maximum atomic E-state index is 11.4. The molecule has 8 heteroatoms. The molecule has 1 heterocycles. The first kappa shape index (κ1) is 20.0. The number of benzene rings is 1. The summed E-state index contributed by atoms with van der Waals surface area (Å²) in [5, 5.41) is 3.19. The molecule has 1 aromatic heterocycles. The number of nitrogens with zero attached hydrogens (tertiary/aromatic N) is 3. The lowest BCUT2D eigenvalue weighted by molar-refractivity contribution is 0.607. The molecule has 0 fully saturated rings. The highest BCUT2D eigenvalue weighted by atomic mass is 32.2. The minimum Gasteiger partial charge on any atom is -0.357 e. The van der Waals surface area contributed by atoms with Gasteiger partial charge in [0.05, 0.1) is 11.9 Å². The van der Waals surface area contributed by atoms with Crippen molar-refractivity contribution in [2.24, 2.45) is 0 Å². The molecular weight excluding hydrogens is 350 g/mol. The Balaban J connectivity index is 2.31. The van der Waals surface area contributed by atoms with Crippen molar-refractivity contribution in [1.29, 1.82) is 0 Å². The lowest BCUT2D eigenvalue weighted by Gasteiger charge is -2.21. The van der Waals surface area contributed by atoms with Gasteiger partial charge in [-0.15, -0.1) is 0 Å². The van der Waals surface area contributed by atoms with Gasteiger partial charge in [-0.05, 0) is 38.5 Å². The molecule has 7 nitrogen and oxygen atoms in total. The summed E-state index contributed by atoms with van der Waals surface area (Å²) in [6.45, 7) is 8.04. The number of rotatable bonds is 9. The Kier molecular flexibility index (Phi) is 6.79. The lowest BCUT2D eigenvalue weighted by atomic mass is 10.2. The fourth-order valence-corrected chi connectivity index (χ4v) is 3.19. The predicted molar refractivity (Wildman–Crippen MR) is 108 cm³/mol. The van der Waals surface area contributed by atoms with Crippen LogP contribution in [0.2, 0.25) is 0 Å². The van der Waals surface area contributed by atoms with E-state index in [0.717, 1.165) is 49.4 Å². The summed E-state index contributed by atoms with van der Waals surface area (Å²) in [5.74, 6) is 1.40. The van der Waals surface area contributed by atoms with E-state index in [9.17, 15) is 8.42 Å². The van der Waals surface area contributed by atoms with Crippen LogP contribution in [0.15, 0.2) is 30.3 Å². The first-order valence-electron chi connectivity index (χ1n) is 8.82. The summed E-state index contributed by atoms with van der Waals surface area (Å²) < 4.78 is 25.3. The minimum atomic E-state index is -3.32. The fourth-order valence-electron chi connectivity index (χ4n) is 2.64. The third-order valence-electron chi connectivity index (χ3n) is 3.78. The topological polar surface area (TPSA) is 87.2 Å². The van der Waals surface area contributed by atoms with Gasteiger partial charge in [-0.2, -0.15) is 4.98 Å². The average Bonchev–Trinajstić information content (AvgIpc) is 2.55. The zero-order valence-electron chi connectivity index (χ0n) is 15.8. The normalized spacial score (nSPS) is 11.2. The molecule has 0 saturated heterocycles. The van der Waals surface area contributed by atoms with E-state index >= 15 is 0 Å². The van der Waals surface area contributed by atoms with Crippen molar-refractivity contribution in [1.82, 2.24) is 9.97 Å². The van der Waals surface area contributed by atoms with Crippen LogP contribution in [0, 0.1) is 0 Å². The molecule has 0 bridgehead atoms. The third-order valence-corrected chi connectivity index (χ3v) is 4.39. The second-order valence-electron chi connectivity index (χ2n) is 6.04. The van der Waals surface area contributed by atoms with Crippen molar-refractivity contribution < 1.29 is 8.42 Å². The van der Waals surface area contributed by atoms with Gasteiger partial charge in [0.1, 0.15) is 5.82 Å². The summed E-state index contributed by atoms with van der Waals surface area (Å²) in [7, 11) is -3.32. The standard InChI is InChI=1S/C18H27N5O2S/c1-5-9-14-13-17(23(6-2)7-3)21-18(19-14)20-15-10-8-11-16(12-15)22-26(4,24)25/h8,10-13,22H,5-7,9H2,1-4H3,(H,19,20,21). The number of aromatic nitrogens is 2. The predicted octanol–water partition coefficient (Wildman–Crippen LogP) is 3.39. The van der Waals surface area contributed by atoms with Crippen LogP contribution in [0.5, 0.6) is 0 Å². The zero-order chi connectivity index (χ0) is 19.2. The quantitative estimate of drug-likeness (QED) is 0.696. The van der Waals surface area contributed by atoms with E-state index < -0.39 is 10.0 Å². The maximum absolute atomic E-state index is 11.4. The van der Waals surface area contributed by atoms with E-state index in [4.69, 9.17) is 0 Å². The van der Waals surface area contributed by atoms with Gasteiger partial charge in [0.15, 0.2) is 0 Å². The molecule has 0 unspecified atom stereocenters. The Hall–Kier alpha value is -2.35. The molecule has 0 radical (unpaired) electrons. The summed E-state index contributed by atoms with van der Waals surface area (Å²) in [6.07, 6.45) is 3.00.